The first-order valence-electron chi connectivity index (χ1n) is 7.54. The van der Waals surface area contributed by atoms with Crippen molar-refractivity contribution in [2.45, 2.75) is 31.6 Å². The van der Waals surface area contributed by atoms with Crippen molar-refractivity contribution in [2.75, 3.05) is 33.4 Å². The van der Waals surface area contributed by atoms with Crippen molar-refractivity contribution in [1.82, 2.24) is 4.90 Å². The van der Waals surface area contributed by atoms with Gasteiger partial charge in [0.15, 0.2) is 0 Å². The number of aliphatic hydroxyl groups excluding tert-OH is 1. The van der Waals surface area contributed by atoms with Crippen LogP contribution in [0.2, 0.25) is 10.0 Å². The molecule has 0 saturated carbocycles. The highest BCUT2D eigenvalue weighted by Crippen LogP contribution is 2.20. The number of benzene rings is 1. The smallest absolute Gasteiger partial charge is 0.0900 e. The first-order valence-corrected chi connectivity index (χ1v) is 8.29. The van der Waals surface area contributed by atoms with Gasteiger partial charge in [0.1, 0.15) is 0 Å². The molecule has 1 unspecified atom stereocenters. The summed E-state index contributed by atoms with van der Waals surface area (Å²) in [6, 6.07) is 5.48. The third kappa shape index (κ3) is 6.41. The average molecular weight is 348 g/mol. The van der Waals surface area contributed by atoms with Crippen molar-refractivity contribution in [1.29, 1.82) is 0 Å². The quantitative estimate of drug-likeness (QED) is 0.823. The number of likely N-dealkylation sites (N-methyl/N-ethyl adjacent to an activating group) is 1. The predicted molar refractivity (Wildman–Crippen MR) is 88.6 cm³/mol. The van der Waals surface area contributed by atoms with Crippen molar-refractivity contribution in [2.24, 2.45) is 0 Å². The lowest BCUT2D eigenvalue weighted by Crippen LogP contribution is -2.34. The predicted octanol–water partition coefficient (Wildman–Crippen LogP) is 2.98. The van der Waals surface area contributed by atoms with Gasteiger partial charge in [-0.3, -0.25) is 4.90 Å². The van der Waals surface area contributed by atoms with Crippen LogP contribution in [0.1, 0.15) is 18.4 Å². The molecule has 0 aromatic heterocycles. The molecule has 0 amide bonds. The zero-order valence-corrected chi connectivity index (χ0v) is 14.3. The summed E-state index contributed by atoms with van der Waals surface area (Å²) < 4.78 is 11.0. The van der Waals surface area contributed by atoms with Gasteiger partial charge in [0, 0.05) is 36.3 Å². The van der Waals surface area contributed by atoms with Crippen LogP contribution in [0.5, 0.6) is 0 Å². The van der Waals surface area contributed by atoms with E-state index in [-0.39, 0.29) is 6.10 Å². The lowest BCUT2D eigenvalue weighted by Gasteiger charge is -2.25. The lowest BCUT2D eigenvalue weighted by atomic mass is 10.1. The summed E-state index contributed by atoms with van der Waals surface area (Å²) in [5, 5.41) is 11.3. The monoisotopic (exact) mass is 347 g/mol. The Morgan fingerprint density at radius 3 is 2.55 bits per heavy atom. The van der Waals surface area contributed by atoms with Gasteiger partial charge in [-0.25, -0.2) is 0 Å². The number of hydrogen-bond donors (Lipinski definition) is 1. The van der Waals surface area contributed by atoms with Crippen molar-refractivity contribution in [3.05, 3.63) is 33.8 Å². The summed E-state index contributed by atoms with van der Waals surface area (Å²) >= 11 is 12.0. The molecule has 2 rings (SSSR count). The highest BCUT2D eigenvalue weighted by molar-refractivity contribution is 6.34. The first kappa shape index (κ1) is 18.0. The van der Waals surface area contributed by atoms with Crippen molar-refractivity contribution < 1.29 is 14.6 Å². The molecule has 1 atom stereocenters. The van der Waals surface area contributed by atoms with Crippen LogP contribution >= 0.6 is 23.2 Å². The van der Waals surface area contributed by atoms with E-state index in [0.717, 1.165) is 31.6 Å². The molecule has 22 heavy (non-hydrogen) atoms. The minimum atomic E-state index is -0.512. The number of halogens is 2. The van der Waals surface area contributed by atoms with E-state index in [1.807, 2.05) is 24.1 Å². The maximum atomic E-state index is 10.1. The van der Waals surface area contributed by atoms with Crippen molar-refractivity contribution in [3.63, 3.8) is 0 Å². The van der Waals surface area contributed by atoms with E-state index in [4.69, 9.17) is 32.7 Å². The molecule has 0 bridgehead atoms. The minimum Gasteiger partial charge on any atom is -0.389 e. The van der Waals surface area contributed by atoms with Gasteiger partial charge in [-0.2, -0.15) is 0 Å². The zero-order chi connectivity index (χ0) is 15.9. The number of rotatable bonds is 7. The molecule has 1 N–H and O–H groups in total. The third-order valence-electron chi connectivity index (χ3n) is 3.59. The van der Waals surface area contributed by atoms with E-state index in [2.05, 4.69) is 0 Å². The summed E-state index contributed by atoms with van der Waals surface area (Å²) in [5.41, 5.74) is 1.03. The van der Waals surface area contributed by atoms with Crippen LogP contribution in [0.15, 0.2) is 18.2 Å². The van der Waals surface area contributed by atoms with E-state index in [0.29, 0.717) is 29.7 Å². The molecule has 1 aliphatic rings. The van der Waals surface area contributed by atoms with E-state index in [9.17, 15) is 5.11 Å². The summed E-state index contributed by atoms with van der Waals surface area (Å²) in [6.45, 7) is 3.06. The van der Waals surface area contributed by atoms with Gasteiger partial charge >= 0.3 is 0 Å². The highest BCUT2D eigenvalue weighted by atomic mass is 35.5. The van der Waals surface area contributed by atoms with E-state index in [1.54, 1.807) is 6.07 Å². The maximum Gasteiger partial charge on any atom is 0.0900 e. The molecule has 4 nitrogen and oxygen atoms in total. The summed E-state index contributed by atoms with van der Waals surface area (Å²) in [6.07, 6.45) is 1.51. The lowest BCUT2D eigenvalue weighted by molar-refractivity contribution is -0.0634. The highest BCUT2D eigenvalue weighted by Gasteiger charge is 2.16. The van der Waals surface area contributed by atoms with E-state index in [1.165, 1.54) is 0 Å². The number of hydrogen-bond acceptors (Lipinski definition) is 4. The van der Waals surface area contributed by atoms with Crippen LogP contribution in [-0.2, 0) is 16.0 Å². The fourth-order valence-corrected chi connectivity index (χ4v) is 3.15. The molecule has 1 heterocycles. The second-order valence-electron chi connectivity index (χ2n) is 5.77. The van der Waals surface area contributed by atoms with Crippen LogP contribution in [0.3, 0.4) is 0 Å². The largest absolute Gasteiger partial charge is 0.389 e. The molecule has 124 valence electrons. The summed E-state index contributed by atoms with van der Waals surface area (Å²) in [5.74, 6) is 0. The second kappa shape index (κ2) is 9.06. The van der Waals surface area contributed by atoms with Crippen LogP contribution in [-0.4, -0.2) is 55.6 Å². The molecule has 6 heteroatoms. The Morgan fingerprint density at radius 1 is 1.27 bits per heavy atom. The van der Waals surface area contributed by atoms with Crippen LogP contribution in [0, 0.1) is 0 Å². The molecule has 1 aromatic rings. The number of aliphatic hydroxyl groups is 1. The Kier molecular flexibility index (Phi) is 7.41. The Balaban J connectivity index is 1.72. The normalized spacial score (nSPS) is 17.9. The minimum absolute atomic E-state index is 0.209. The Hall–Kier alpha value is -0.360. The molecular weight excluding hydrogens is 325 g/mol. The molecular formula is C16H23Cl2NO3. The summed E-state index contributed by atoms with van der Waals surface area (Å²) in [7, 11) is 1.95. The van der Waals surface area contributed by atoms with Crippen LogP contribution in [0.25, 0.3) is 0 Å². The number of ether oxygens (including phenoxy) is 2. The van der Waals surface area contributed by atoms with E-state index >= 15 is 0 Å². The van der Waals surface area contributed by atoms with Crippen molar-refractivity contribution >= 4 is 23.2 Å². The van der Waals surface area contributed by atoms with Crippen molar-refractivity contribution in [3.8, 4) is 0 Å². The zero-order valence-electron chi connectivity index (χ0n) is 12.8. The topological polar surface area (TPSA) is 41.9 Å². The third-order valence-corrected chi connectivity index (χ3v) is 4.03. The average Bonchev–Trinajstić information content (AvgIpc) is 2.45. The molecule has 1 saturated heterocycles. The van der Waals surface area contributed by atoms with E-state index < -0.39 is 6.10 Å². The molecule has 1 fully saturated rings. The molecule has 0 spiro atoms. The first-order chi connectivity index (χ1) is 10.5. The van der Waals surface area contributed by atoms with Gasteiger partial charge in [-0.05, 0) is 43.7 Å². The molecule has 1 aliphatic heterocycles. The van der Waals surface area contributed by atoms with Crippen LogP contribution in [0.4, 0.5) is 0 Å². The SMILES string of the molecule is CN(Cc1cc(Cl)cc(Cl)c1)CC(O)COC1CCOCC1. The molecule has 0 aliphatic carbocycles. The fourth-order valence-electron chi connectivity index (χ4n) is 2.58. The standard InChI is InChI=1S/C16H23Cl2NO3/c1-19(9-12-6-13(17)8-14(18)7-12)10-15(20)11-22-16-2-4-21-5-3-16/h6-8,15-16,20H,2-5,9-11H2,1H3. The second-order valence-corrected chi connectivity index (χ2v) is 6.65. The Bertz CT molecular complexity index is 446. The Morgan fingerprint density at radius 2 is 1.91 bits per heavy atom. The van der Waals surface area contributed by atoms with Gasteiger partial charge in [0.05, 0.1) is 18.8 Å². The molecule has 0 radical (unpaired) electrons. The van der Waals surface area contributed by atoms with Gasteiger partial charge in [-0.1, -0.05) is 23.2 Å². The molecule has 1 aromatic carbocycles. The number of nitrogens with zero attached hydrogens (tertiary/aromatic N) is 1. The van der Waals surface area contributed by atoms with Gasteiger partial charge in [0.2, 0.25) is 0 Å². The van der Waals surface area contributed by atoms with Crippen LogP contribution < -0.4 is 0 Å². The summed E-state index contributed by atoms with van der Waals surface area (Å²) in [4.78, 5) is 2.03. The van der Waals surface area contributed by atoms with Gasteiger partial charge in [-0.15, -0.1) is 0 Å². The van der Waals surface area contributed by atoms with Gasteiger partial charge in [0.25, 0.3) is 0 Å². The van der Waals surface area contributed by atoms with Gasteiger partial charge < -0.3 is 14.6 Å². The fraction of sp³-hybridized carbons (Fsp3) is 0.625. The Labute approximate surface area is 141 Å². The maximum absolute atomic E-state index is 10.1.